The van der Waals surface area contributed by atoms with Crippen molar-refractivity contribution in [3.63, 3.8) is 0 Å². The molecule has 0 aromatic heterocycles. The second kappa shape index (κ2) is 4.28. The van der Waals surface area contributed by atoms with Gasteiger partial charge in [0.05, 0.1) is 6.61 Å². The Kier molecular flexibility index (Phi) is 3.95. The molecular weight excluding hydrogens is 184 g/mol. The topological polar surface area (TPSA) is 135 Å². The van der Waals surface area contributed by atoms with Gasteiger partial charge in [0.15, 0.2) is 18.0 Å². The number of aliphatic hydroxyl groups is 4. The summed E-state index contributed by atoms with van der Waals surface area (Å²) in [6.07, 6.45) is -4.83. The fraction of sp³-hybridized carbons (Fsp3) is 0.667. The van der Waals surface area contributed by atoms with E-state index in [9.17, 15) is 9.59 Å². The predicted octanol–water partition coefficient (Wildman–Crippen LogP) is -3.28. The Balaban J connectivity index is 4.64. The van der Waals surface area contributed by atoms with E-state index < -0.39 is 30.4 Å². The average molecular weight is 194 g/mol. The Morgan fingerprint density at radius 2 is 1.92 bits per heavy atom. The van der Waals surface area contributed by atoms with Crippen LogP contribution in [0.15, 0.2) is 0 Å². The van der Waals surface area contributed by atoms with Crippen LogP contribution < -0.4 is 0 Å². The number of carboxylic acid groups (broad SMARTS) is 1. The first kappa shape index (κ1) is 12.0. The summed E-state index contributed by atoms with van der Waals surface area (Å²) in [5, 5.41) is 43.3. The largest absolute Gasteiger partial charge is 0.479 e. The first-order chi connectivity index (χ1) is 5.89. The minimum atomic E-state index is -2.65. The number of carbonyl (C=O) groups is 2. The number of hydrogen-bond donors (Lipinski definition) is 5. The van der Waals surface area contributed by atoms with Crippen LogP contribution in [-0.2, 0) is 9.59 Å². The van der Waals surface area contributed by atoms with Crippen LogP contribution in [0.1, 0.15) is 0 Å². The van der Waals surface area contributed by atoms with E-state index in [1.165, 1.54) is 0 Å². The van der Waals surface area contributed by atoms with Crippen molar-refractivity contribution in [2.45, 2.75) is 17.8 Å². The molecule has 0 aliphatic rings. The van der Waals surface area contributed by atoms with Crippen molar-refractivity contribution in [3.05, 3.63) is 0 Å². The number of hydrogen-bond acceptors (Lipinski definition) is 6. The Bertz CT molecular complexity index is 203. The maximum absolute atomic E-state index is 10.2. The molecule has 0 saturated heterocycles. The summed E-state index contributed by atoms with van der Waals surface area (Å²) in [6.45, 7) is -1.18. The third-order valence-electron chi connectivity index (χ3n) is 1.52. The van der Waals surface area contributed by atoms with Gasteiger partial charge in [-0.15, -0.1) is 0 Å². The molecule has 0 amide bonds. The maximum atomic E-state index is 10.2. The van der Waals surface area contributed by atoms with E-state index in [0.717, 1.165) is 0 Å². The van der Waals surface area contributed by atoms with Gasteiger partial charge in [-0.25, -0.2) is 4.79 Å². The number of aldehydes is 1. The molecule has 0 aliphatic carbocycles. The summed E-state index contributed by atoms with van der Waals surface area (Å²) in [4.78, 5) is 20.3. The zero-order valence-corrected chi connectivity index (χ0v) is 6.49. The summed E-state index contributed by atoms with van der Waals surface area (Å²) in [5.41, 5.74) is -2.65. The van der Waals surface area contributed by atoms with Crippen LogP contribution in [0.3, 0.4) is 0 Å². The zero-order valence-electron chi connectivity index (χ0n) is 6.49. The molecule has 0 bridgehead atoms. The predicted molar refractivity (Wildman–Crippen MR) is 37.7 cm³/mol. The highest BCUT2D eigenvalue weighted by Gasteiger charge is 2.42. The first-order valence-electron chi connectivity index (χ1n) is 3.27. The van der Waals surface area contributed by atoms with Crippen LogP contribution >= 0.6 is 0 Å². The number of aliphatic hydroxyl groups excluding tert-OH is 3. The molecule has 0 rings (SSSR count). The van der Waals surface area contributed by atoms with E-state index >= 15 is 0 Å². The second-order valence-corrected chi connectivity index (χ2v) is 2.50. The van der Waals surface area contributed by atoms with E-state index in [4.69, 9.17) is 25.5 Å². The van der Waals surface area contributed by atoms with E-state index in [0.29, 0.717) is 0 Å². The normalized spacial score (nSPS) is 20.0. The molecule has 0 heterocycles. The number of carboxylic acids is 1. The third kappa shape index (κ3) is 2.46. The van der Waals surface area contributed by atoms with Gasteiger partial charge in [-0.1, -0.05) is 0 Å². The Morgan fingerprint density at radius 3 is 2.15 bits per heavy atom. The van der Waals surface area contributed by atoms with Crippen LogP contribution in [0.5, 0.6) is 0 Å². The molecule has 0 spiro atoms. The summed E-state index contributed by atoms with van der Waals surface area (Å²) in [6, 6.07) is 0. The molecule has 3 atom stereocenters. The highest BCUT2D eigenvalue weighted by molar-refractivity contribution is 5.75. The number of carbonyl (C=O) groups excluding carboxylic acids is 1. The van der Waals surface area contributed by atoms with E-state index in [2.05, 4.69) is 0 Å². The lowest BCUT2D eigenvalue weighted by molar-refractivity contribution is -0.175. The van der Waals surface area contributed by atoms with Crippen molar-refractivity contribution in [2.75, 3.05) is 6.61 Å². The quantitative estimate of drug-likeness (QED) is 0.289. The van der Waals surface area contributed by atoms with Gasteiger partial charge in [-0.2, -0.15) is 0 Å². The van der Waals surface area contributed by atoms with Gasteiger partial charge in [-0.3, -0.25) is 4.79 Å². The molecule has 0 saturated carbocycles. The van der Waals surface area contributed by atoms with Crippen LogP contribution in [-0.4, -0.2) is 62.2 Å². The molecule has 3 unspecified atom stereocenters. The van der Waals surface area contributed by atoms with Gasteiger partial charge in [0.1, 0.15) is 6.10 Å². The number of rotatable bonds is 5. The van der Waals surface area contributed by atoms with Crippen molar-refractivity contribution in [1.82, 2.24) is 0 Å². The maximum Gasteiger partial charge on any atom is 0.335 e. The standard InChI is InChI=1S/C6H10O7/c7-1-6(13,2-8)4(10)3(9)5(11)12/h1,3-4,8-10,13H,2H2,(H,11,12). The third-order valence-corrected chi connectivity index (χ3v) is 1.52. The summed E-state index contributed by atoms with van der Waals surface area (Å²) in [5.74, 6) is -1.80. The van der Waals surface area contributed by atoms with Gasteiger partial charge in [0, 0.05) is 0 Å². The highest BCUT2D eigenvalue weighted by atomic mass is 16.4. The second-order valence-electron chi connectivity index (χ2n) is 2.50. The van der Waals surface area contributed by atoms with E-state index in [1.54, 1.807) is 0 Å². The molecule has 76 valence electrons. The lowest BCUT2D eigenvalue weighted by Gasteiger charge is -2.26. The molecule has 0 aromatic carbocycles. The van der Waals surface area contributed by atoms with Crippen molar-refractivity contribution < 1.29 is 35.1 Å². The van der Waals surface area contributed by atoms with Crippen molar-refractivity contribution in [3.8, 4) is 0 Å². The average Bonchev–Trinajstić information content (AvgIpc) is 2.14. The van der Waals surface area contributed by atoms with Crippen LogP contribution in [0, 0.1) is 0 Å². The lowest BCUT2D eigenvalue weighted by Crippen LogP contribution is -2.55. The minimum absolute atomic E-state index is 0.232. The van der Waals surface area contributed by atoms with Gasteiger partial charge in [0.2, 0.25) is 0 Å². The fourth-order valence-electron chi connectivity index (χ4n) is 0.609. The molecule has 0 aliphatic heterocycles. The van der Waals surface area contributed by atoms with Crippen LogP contribution in [0.25, 0.3) is 0 Å². The van der Waals surface area contributed by atoms with Crippen molar-refractivity contribution in [2.24, 2.45) is 0 Å². The SMILES string of the molecule is O=CC(O)(CO)C(O)C(O)C(=O)O. The molecule has 7 nitrogen and oxygen atoms in total. The molecule has 13 heavy (non-hydrogen) atoms. The molecule has 5 N–H and O–H groups in total. The van der Waals surface area contributed by atoms with Crippen LogP contribution in [0.4, 0.5) is 0 Å². The fourth-order valence-corrected chi connectivity index (χ4v) is 0.609. The van der Waals surface area contributed by atoms with E-state index in [1.807, 2.05) is 0 Å². The van der Waals surface area contributed by atoms with Crippen LogP contribution in [0.2, 0.25) is 0 Å². The summed E-state index contributed by atoms with van der Waals surface area (Å²) in [7, 11) is 0. The van der Waals surface area contributed by atoms with Crippen molar-refractivity contribution >= 4 is 12.3 Å². The number of aliphatic carboxylic acids is 1. The smallest absolute Gasteiger partial charge is 0.335 e. The summed E-state index contributed by atoms with van der Waals surface area (Å²) < 4.78 is 0. The van der Waals surface area contributed by atoms with E-state index in [-0.39, 0.29) is 6.29 Å². The molecule has 0 radical (unpaired) electrons. The lowest BCUT2D eigenvalue weighted by atomic mass is 9.95. The Hall–Kier alpha value is -1.02. The van der Waals surface area contributed by atoms with Crippen molar-refractivity contribution in [1.29, 1.82) is 0 Å². The molecular formula is C6H10O7. The highest BCUT2D eigenvalue weighted by Crippen LogP contribution is 2.11. The summed E-state index contributed by atoms with van der Waals surface area (Å²) >= 11 is 0. The van der Waals surface area contributed by atoms with Gasteiger partial charge in [0.25, 0.3) is 0 Å². The molecule has 7 heteroatoms. The Labute approximate surface area is 72.9 Å². The molecule has 0 fully saturated rings. The van der Waals surface area contributed by atoms with Gasteiger partial charge in [-0.05, 0) is 0 Å². The molecule has 0 aromatic rings. The monoisotopic (exact) mass is 194 g/mol. The van der Waals surface area contributed by atoms with Gasteiger partial charge >= 0.3 is 5.97 Å². The Morgan fingerprint density at radius 1 is 1.46 bits per heavy atom. The zero-order chi connectivity index (χ0) is 10.6. The van der Waals surface area contributed by atoms with Gasteiger partial charge < -0.3 is 25.5 Å². The first-order valence-corrected chi connectivity index (χ1v) is 3.27. The minimum Gasteiger partial charge on any atom is -0.479 e.